The van der Waals surface area contributed by atoms with Crippen molar-refractivity contribution in [3.8, 4) is 0 Å². The number of benzene rings is 1. The highest BCUT2D eigenvalue weighted by Crippen LogP contribution is 2.43. The zero-order chi connectivity index (χ0) is 12.7. The predicted molar refractivity (Wildman–Crippen MR) is 73.8 cm³/mol. The molecule has 0 radical (unpaired) electrons. The van der Waals surface area contributed by atoms with Crippen LogP contribution in [0.2, 0.25) is 0 Å². The minimum Gasteiger partial charge on any atom is -0.481 e. The van der Waals surface area contributed by atoms with E-state index in [9.17, 15) is 9.90 Å². The van der Waals surface area contributed by atoms with Gasteiger partial charge in [0.1, 0.15) is 0 Å². The van der Waals surface area contributed by atoms with Gasteiger partial charge in [0.2, 0.25) is 0 Å². The predicted octanol–water partition coefficient (Wildman–Crippen LogP) is 3.28. The molecule has 2 saturated heterocycles. The number of fused-ring (bicyclic) bond motifs is 2. The number of rotatable bonds is 2. The molecule has 0 aromatic heterocycles. The molecule has 2 aliphatic rings. The van der Waals surface area contributed by atoms with E-state index >= 15 is 0 Å². The Labute approximate surface area is 115 Å². The molecule has 2 heterocycles. The Hall–Kier alpha value is -1.03. The van der Waals surface area contributed by atoms with E-state index in [1.807, 2.05) is 12.1 Å². The van der Waals surface area contributed by atoms with E-state index in [2.05, 4.69) is 33.0 Å². The van der Waals surface area contributed by atoms with Crippen LogP contribution in [0.15, 0.2) is 28.7 Å². The molecule has 3 rings (SSSR count). The molecule has 0 aliphatic carbocycles. The summed E-state index contributed by atoms with van der Waals surface area (Å²) in [4.78, 5) is 13.6. The first-order chi connectivity index (χ1) is 8.66. The maximum atomic E-state index is 11.2. The quantitative estimate of drug-likeness (QED) is 0.911. The summed E-state index contributed by atoms with van der Waals surface area (Å²) in [6.45, 7) is 0. The summed E-state index contributed by atoms with van der Waals surface area (Å²) in [6.07, 6.45) is 3.81. The van der Waals surface area contributed by atoms with Gasteiger partial charge in [0.15, 0.2) is 0 Å². The van der Waals surface area contributed by atoms with Gasteiger partial charge in [0, 0.05) is 16.6 Å². The first kappa shape index (κ1) is 12.0. The Morgan fingerprint density at radius 2 is 1.83 bits per heavy atom. The van der Waals surface area contributed by atoms with Crippen molar-refractivity contribution in [2.75, 3.05) is 4.90 Å². The zero-order valence-corrected chi connectivity index (χ0v) is 11.6. The summed E-state index contributed by atoms with van der Waals surface area (Å²) in [6, 6.07) is 9.02. The Balaban J connectivity index is 1.89. The lowest BCUT2D eigenvalue weighted by molar-refractivity contribution is -0.142. The van der Waals surface area contributed by atoms with Crippen molar-refractivity contribution in [1.29, 1.82) is 0 Å². The topological polar surface area (TPSA) is 40.5 Å². The average molecular weight is 310 g/mol. The van der Waals surface area contributed by atoms with Crippen molar-refractivity contribution in [3.63, 3.8) is 0 Å². The molecule has 2 fully saturated rings. The number of carboxylic acids is 1. The summed E-state index contributed by atoms with van der Waals surface area (Å²) < 4.78 is 1.11. The molecule has 2 aliphatic heterocycles. The Bertz CT molecular complexity index is 463. The van der Waals surface area contributed by atoms with Gasteiger partial charge in [-0.2, -0.15) is 0 Å². The van der Waals surface area contributed by atoms with Crippen molar-refractivity contribution in [3.05, 3.63) is 28.7 Å². The Morgan fingerprint density at radius 3 is 2.39 bits per heavy atom. The molecule has 2 atom stereocenters. The molecule has 3 nitrogen and oxygen atoms in total. The highest BCUT2D eigenvalue weighted by molar-refractivity contribution is 9.10. The fourth-order valence-electron chi connectivity index (χ4n) is 3.43. The lowest BCUT2D eigenvalue weighted by atomic mass is 9.90. The van der Waals surface area contributed by atoms with E-state index in [-0.39, 0.29) is 5.92 Å². The fraction of sp³-hybridized carbons (Fsp3) is 0.500. The van der Waals surface area contributed by atoms with Crippen molar-refractivity contribution < 1.29 is 9.90 Å². The van der Waals surface area contributed by atoms with Crippen LogP contribution in [0.4, 0.5) is 5.69 Å². The van der Waals surface area contributed by atoms with Crippen molar-refractivity contribution >= 4 is 27.6 Å². The third-order valence-corrected chi connectivity index (χ3v) is 4.88. The minimum absolute atomic E-state index is 0.152. The first-order valence-corrected chi connectivity index (χ1v) is 7.22. The molecule has 2 bridgehead atoms. The molecule has 2 unspecified atom stereocenters. The van der Waals surface area contributed by atoms with Crippen LogP contribution in [0.5, 0.6) is 0 Å². The second kappa shape index (κ2) is 4.57. The number of nitrogens with zero attached hydrogens (tertiary/aromatic N) is 1. The van der Waals surface area contributed by atoms with Crippen LogP contribution < -0.4 is 4.90 Å². The smallest absolute Gasteiger partial charge is 0.306 e. The second-order valence-corrected chi connectivity index (χ2v) is 6.10. The molecular weight excluding hydrogens is 294 g/mol. The number of carbonyl (C=O) groups is 1. The number of hydrogen-bond donors (Lipinski definition) is 1. The number of halogens is 1. The molecule has 0 saturated carbocycles. The number of piperidine rings is 1. The van der Waals surface area contributed by atoms with Gasteiger partial charge in [-0.1, -0.05) is 12.1 Å². The van der Waals surface area contributed by atoms with E-state index in [4.69, 9.17) is 0 Å². The van der Waals surface area contributed by atoms with Gasteiger partial charge in [0.05, 0.1) is 11.6 Å². The molecule has 1 aromatic rings. The monoisotopic (exact) mass is 309 g/mol. The van der Waals surface area contributed by atoms with Crippen LogP contribution in [-0.2, 0) is 4.79 Å². The van der Waals surface area contributed by atoms with Crippen molar-refractivity contribution in [2.45, 2.75) is 37.8 Å². The number of aliphatic carboxylic acids is 1. The summed E-state index contributed by atoms with van der Waals surface area (Å²) in [7, 11) is 0. The summed E-state index contributed by atoms with van der Waals surface area (Å²) in [5, 5.41) is 9.19. The number of hydrogen-bond acceptors (Lipinski definition) is 2. The third kappa shape index (κ3) is 1.92. The normalized spacial score (nSPS) is 30.5. The standard InChI is InChI=1S/C14H16BrNO2/c15-12-3-1-2-4-13(12)16-10-5-6-11(16)8-9(7-10)14(17)18/h1-4,9-11H,5-8H2,(H,17,18). The number of para-hydroxylation sites is 1. The third-order valence-electron chi connectivity index (χ3n) is 4.21. The van der Waals surface area contributed by atoms with E-state index in [1.54, 1.807) is 0 Å². The maximum Gasteiger partial charge on any atom is 0.306 e. The SMILES string of the molecule is O=C(O)C1CC2CCC(C1)N2c1ccccc1Br. The van der Waals surface area contributed by atoms with Crippen LogP contribution >= 0.6 is 15.9 Å². The van der Waals surface area contributed by atoms with Crippen LogP contribution in [0.1, 0.15) is 25.7 Å². The summed E-state index contributed by atoms with van der Waals surface area (Å²) in [5.74, 6) is -0.778. The van der Waals surface area contributed by atoms with Gasteiger partial charge in [-0.15, -0.1) is 0 Å². The number of carboxylic acid groups (broad SMARTS) is 1. The maximum absolute atomic E-state index is 11.2. The minimum atomic E-state index is -0.626. The molecule has 1 N–H and O–H groups in total. The van der Waals surface area contributed by atoms with E-state index in [0.29, 0.717) is 12.1 Å². The van der Waals surface area contributed by atoms with Gasteiger partial charge < -0.3 is 10.0 Å². The van der Waals surface area contributed by atoms with E-state index < -0.39 is 5.97 Å². The molecule has 0 spiro atoms. The van der Waals surface area contributed by atoms with Crippen LogP contribution in [0, 0.1) is 5.92 Å². The fourth-order valence-corrected chi connectivity index (χ4v) is 3.92. The molecule has 4 heteroatoms. The Morgan fingerprint density at radius 1 is 1.22 bits per heavy atom. The highest BCUT2D eigenvalue weighted by atomic mass is 79.9. The van der Waals surface area contributed by atoms with Gasteiger partial charge in [-0.3, -0.25) is 4.79 Å². The van der Waals surface area contributed by atoms with Gasteiger partial charge >= 0.3 is 5.97 Å². The largest absolute Gasteiger partial charge is 0.481 e. The van der Waals surface area contributed by atoms with Crippen LogP contribution in [0.25, 0.3) is 0 Å². The zero-order valence-electron chi connectivity index (χ0n) is 10.1. The van der Waals surface area contributed by atoms with E-state index in [1.165, 1.54) is 5.69 Å². The molecular formula is C14H16BrNO2. The first-order valence-electron chi connectivity index (χ1n) is 6.42. The van der Waals surface area contributed by atoms with Gasteiger partial charge in [-0.05, 0) is 53.7 Å². The molecule has 0 amide bonds. The molecule has 1 aromatic carbocycles. The highest BCUT2D eigenvalue weighted by Gasteiger charge is 2.43. The lowest BCUT2D eigenvalue weighted by Gasteiger charge is -2.39. The van der Waals surface area contributed by atoms with Gasteiger partial charge in [0.25, 0.3) is 0 Å². The van der Waals surface area contributed by atoms with Crippen LogP contribution in [0.3, 0.4) is 0 Å². The van der Waals surface area contributed by atoms with E-state index in [0.717, 1.165) is 30.2 Å². The average Bonchev–Trinajstić information content (AvgIpc) is 2.60. The summed E-state index contributed by atoms with van der Waals surface area (Å²) in [5.41, 5.74) is 1.22. The van der Waals surface area contributed by atoms with Gasteiger partial charge in [-0.25, -0.2) is 0 Å². The Kier molecular flexibility index (Phi) is 3.06. The second-order valence-electron chi connectivity index (χ2n) is 5.25. The lowest BCUT2D eigenvalue weighted by Crippen LogP contribution is -2.45. The number of anilines is 1. The summed E-state index contributed by atoms with van der Waals surface area (Å²) >= 11 is 3.60. The molecule has 96 valence electrons. The van der Waals surface area contributed by atoms with Crippen molar-refractivity contribution in [2.24, 2.45) is 5.92 Å². The molecule has 18 heavy (non-hydrogen) atoms. The van der Waals surface area contributed by atoms with Crippen molar-refractivity contribution in [1.82, 2.24) is 0 Å². The van der Waals surface area contributed by atoms with Crippen LogP contribution in [-0.4, -0.2) is 23.2 Å².